The van der Waals surface area contributed by atoms with E-state index in [9.17, 15) is 4.79 Å². The molecule has 0 unspecified atom stereocenters. The number of rotatable bonds is 4. The molecule has 0 bridgehead atoms. The van der Waals surface area contributed by atoms with E-state index in [4.69, 9.17) is 0 Å². The van der Waals surface area contributed by atoms with Gasteiger partial charge in [-0.2, -0.15) is 0 Å². The second kappa shape index (κ2) is 7.43. The first-order chi connectivity index (χ1) is 9.76. The van der Waals surface area contributed by atoms with Crippen LogP contribution in [-0.4, -0.2) is 49.9 Å². The zero-order chi connectivity index (χ0) is 14.4. The third-order valence-corrected chi connectivity index (χ3v) is 4.30. The van der Waals surface area contributed by atoms with Crippen LogP contribution in [0.4, 0.5) is 10.5 Å². The van der Waals surface area contributed by atoms with Crippen molar-refractivity contribution in [3.8, 4) is 0 Å². The summed E-state index contributed by atoms with van der Waals surface area (Å²) in [7, 11) is 0. The van der Waals surface area contributed by atoms with E-state index in [1.165, 1.54) is 10.6 Å². The maximum atomic E-state index is 11.9. The largest absolute Gasteiger partial charge is 0.367 e. The van der Waals surface area contributed by atoms with Crippen LogP contribution in [0.1, 0.15) is 13.3 Å². The Hall–Kier alpha value is -1.36. The van der Waals surface area contributed by atoms with Gasteiger partial charge >= 0.3 is 6.03 Å². The summed E-state index contributed by atoms with van der Waals surface area (Å²) >= 11 is 1.77. The van der Waals surface area contributed by atoms with Crippen LogP contribution in [0.2, 0.25) is 0 Å². The van der Waals surface area contributed by atoms with Crippen LogP contribution in [0.15, 0.2) is 29.2 Å². The van der Waals surface area contributed by atoms with E-state index in [-0.39, 0.29) is 6.03 Å². The van der Waals surface area contributed by atoms with Gasteiger partial charge in [0.05, 0.1) is 5.69 Å². The molecular formula is C15H23N3OS. The molecule has 1 aliphatic heterocycles. The molecule has 1 aromatic carbocycles. The standard InChI is InChI=1S/C15H23N3OS/c1-3-8-16-15(19)18-11-9-17(10-12-18)13-6-4-5-7-14(13)20-2/h4-7H,3,8-12H2,1-2H3,(H,16,19). The molecule has 0 aliphatic carbocycles. The highest BCUT2D eigenvalue weighted by molar-refractivity contribution is 7.98. The van der Waals surface area contributed by atoms with Gasteiger partial charge in [-0.05, 0) is 24.8 Å². The van der Waals surface area contributed by atoms with Crippen molar-refractivity contribution in [2.75, 3.05) is 43.9 Å². The Balaban J connectivity index is 1.92. The highest BCUT2D eigenvalue weighted by Crippen LogP contribution is 2.28. The number of nitrogens with one attached hydrogen (secondary N) is 1. The van der Waals surface area contributed by atoms with E-state index < -0.39 is 0 Å². The van der Waals surface area contributed by atoms with Gasteiger partial charge in [0.15, 0.2) is 0 Å². The lowest BCUT2D eigenvalue weighted by Gasteiger charge is -2.36. The molecule has 5 heteroatoms. The van der Waals surface area contributed by atoms with E-state index in [1.807, 2.05) is 4.90 Å². The van der Waals surface area contributed by atoms with E-state index in [0.29, 0.717) is 0 Å². The number of urea groups is 1. The van der Waals surface area contributed by atoms with Crippen molar-refractivity contribution in [1.82, 2.24) is 10.2 Å². The van der Waals surface area contributed by atoms with Crippen molar-refractivity contribution in [2.24, 2.45) is 0 Å². The number of thioether (sulfide) groups is 1. The smallest absolute Gasteiger partial charge is 0.317 e. The molecule has 0 aromatic heterocycles. The minimum absolute atomic E-state index is 0.0738. The molecule has 2 amide bonds. The van der Waals surface area contributed by atoms with Crippen molar-refractivity contribution in [3.63, 3.8) is 0 Å². The number of piperazine rings is 1. The Kier molecular flexibility index (Phi) is 5.59. The van der Waals surface area contributed by atoms with Gasteiger partial charge in [-0.1, -0.05) is 19.1 Å². The predicted octanol–water partition coefficient (Wildman–Crippen LogP) is 2.65. The lowest BCUT2D eigenvalue weighted by Crippen LogP contribution is -2.52. The summed E-state index contributed by atoms with van der Waals surface area (Å²) in [4.78, 5) is 17.5. The average molecular weight is 293 g/mol. The molecule has 2 rings (SSSR count). The van der Waals surface area contributed by atoms with Crippen molar-refractivity contribution >= 4 is 23.5 Å². The molecule has 1 fully saturated rings. The van der Waals surface area contributed by atoms with Gasteiger partial charge in [0, 0.05) is 37.6 Å². The summed E-state index contributed by atoms with van der Waals surface area (Å²) in [5.41, 5.74) is 1.29. The lowest BCUT2D eigenvalue weighted by atomic mass is 10.2. The van der Waals surface area contributed by atoms with Crippen LogP contribution >= 0.6 is 11.8 Å². The first kappa shape index (κ1) is 15.0. The summed E-state index contributed by atoms with van der Waals surface area (Å²) < 4.78 is 0. The molecule has 1 saturated heterocycles. The zero-order valence-electron chi connectivity index (χ0n) is 12.3. The number of hydrogen-bond donors (Lipinski definition) is 1. The molecule has 110 valence electrons. The van der Waals surface area contributed by atoms with Crippen LogP contribution in [0.3, 0.4) is 0 Å². The number of nitrogens with zero attached hydrogens (tertiary/aromatic N) is 2. The van der Waals surface area contributed by atoms with Crippen LogP contribution in [0.5, 0.6) is 0 Å². The minimum atomic E-state index is 0.0738. The Labute approximate surface area is 125 Å². The highest BCUT2D eigenvalue weighted by atomic mass is 32.2. The molecule has 1 N–H and O–H groups in total. The summed E-state index contributed by atoms with van der Waals surface area (Å²) in [5, 5.41) is 2.94. The molecule has 1 heterocycles. The summed E-state index contributed by atoms with van der Waals surface area (Å²) in [6.45, 7) is 6.21. The highest BCUT2D eigenvalue weighted by Gasteiger charge is 2.21. The Morgan fingerprint density at radius 1 is 1.25 bits per heavy atom. The third-order valence-electron chi connectivity index (χ3n) is 3.52. The monoisotopic (exact) mass is 293 g/mol. The van der Waals surface area contributed by atoms with Gasteiger partial charge in [-0.15, -0.1) is 11.8 Å². The van der Waals surface area contributed by atoms with E-state index in [2.05, 4.69) is 47.7 Å². The number of carbonyl (C=O) groups excluding carboxylic acids is 1. The Morgan fingerprint density at radius 3 is 2.60 bits per heavy atom. The van der Waals surface area contributed by atoms with Crippen LogP contribution in [0, 0.1) is 0 Å². The van der Waals surface area contributed by atoms with Crippen molar-refractivity contribution in [1.29, 1.82) is 0 Å². The molecule has 0 saturated carbocycles. The van der Waals surface area contributed by atoms with Crippen LogP contribution < -0.4 is 10.2 Å². The van der Waals surface area contributed by atoms with E-state index in [0.717, 1.165) is 39.1 Å². The minimum Gasteiger partial charge on any atom is -0.367 e. The third kappa shape index (κ3) is 3.60. The molecule has 0 atom stereocenters. The molecule has 20 heavy (non-hydrogen) atoms. The number of carbonyl (C=O) groups is 1. The van der Waals surface area contributed by atoms with E-state index >= 15 is 0 Å². The van der Waals surface area contributed by atoms with Crippen molar-refractivity contribution < 1.29 is 4.79 Å². The van der Waals surface area contributed by atoms with Gasteiger partial charge in [0.2, 0.25) is 0 Å². The second-order valence-corrected chi connectivity index (χ2v) is 5.73. The fourth-order valence-corrected chi connectivity index (χ4v) is 3.01. The van der Waals surface area contributed by atoms with Crippen molar-refractivity contribution in [2.45, 2.75) is 18.2 Å². The maximum absolute atomic E-state index is 11.9. The maximum Gasteiger partial charge on any atom is 0.317 e. The first-order valence-electron chi connectivity index (χ1n) is 7.17. The molecule has 1 aliphatic rings. The zero-order valence-corrected chi connectivity index (χ0v) is 13.1. The van der Waals surface area contributed by atoms with Crippen molar-refractivity contribution in [3.05, 3.63) is 24.3 Å². The van der Waals surface area contributed by atoms with Gasteiger partial charge in [0.25, 0.3) is 0 Å². The normalized spacial score (nSPS) is 15.3. The summed E-state index contributed by atoms with van der Waals surface area (Å²) in [6.07, 6.45) is 3.08. The van der Waals surface area contributed by atoms with Gasteiger partial charge < -0.3 is 15.1 Å². The fourth-order valence-electron chi connectivity index (χ4n) is 2.39. The molecule has 0 radical (unpaired) electrons. The van der Waals surface area contributed by atoms with Crippen LogP contribution in [-0.2, 0) is 0 Å². The van der Waals surface area contributed by atoms with Crippen LogP contribution in [0.25, 0.3) is 0 Å². The number of benzene rings is 1. The molecule has 1 aromatic rings. The first-order valence-corrected chi connectivity index (χ1v) is 8.39. The molecule has 4 nitrogen and oxygen atoms in total. The number of anilines is 1. The predicted molar refractivity (Wildman–Crippen MR) is 85.7 cm³/mol. The summed E-state index contributed by atoms with van der Waals surface area (Å²) in [6, 6.07) is 8.54. The topological polar surface area (TPSA) is 35.6 Å². The molecule has 0 spiro atoms. The van der Waals surface area contributed by atoms with Gasteiger partial charge in [-0.25, -0.2) is 4.79 Å². The number of para-hydroxylation sites is 1. The SMILES string of the molecule is CCCNC(=O)N1CCN(c2ccccc2SC)CC1. The number of hydrogen-bond acceptors (Lipinski definition) is 3. The summed E-state index contributed by atoms with van der Waals surface area (Å²) in [5.74, 6) is 0. The average Bonchev–Trinajstić information content (AvgIpc) is 2.52. The quantitative estimate of drug-likeness (QED) is 0.867. The van der Waals surface area contributed by atoms with Gasteiger partial charge in [-0.3, -0.25) is 0 Å². The molecular weight excluding hydrogens is 270 g/mol. The second-order valence-electron chi connectivity index (χ2n) is 4.88. The Bertz CT molecular complexity index is 444. The fraction of sp³-hybridized carbons (Fsp3) is 0.533. The Morgan fingerprint density at radius 2 is 1.95 bits per heavy atom. The van der Waals surface area contributed by atoms with E-state index in [1.54, 1.807) is 11.8 Å². The number of amides is 2. The lowest BCUT2D eigenvalue weighted by molar-refractivity contribution is 0.194. The van der Waals surface area contributed by atoms with Gasteiger partial charge in [0.1, 0.15) is 0 Å².